The molecule has 1 amide bonds. The number of carbonyl (C=O) groups is 1. The van der Waals surface area contributed by atoms with Gasteiger partial charge in [0.2, 0.25) is 0 Å². The minimum absolute atomic E-state index is 0.0686. The van der Waals surface area contributed by atoms with Crippen molar-refractivity contribution in [3.05, 3.63) is 57.6 Å². The van der Waals surface area contributed by atoms with E-state index in [0.29, 0.717) is 16.6 Å². The molecule has 0 N–H and O–H groups in total. The summed E-state index contributed by atoms with van der Waals surface area (Å²) in [5.74, 6) is -0.0704. The van der Waals surface area contributed by atoms with Gasteiger partial charge in [0.1, 0.15) is 10.7 Å². The van der Waals surface area contributed by atoms with E-state index < -0.39 is 0 Å². The van der Waals surface area contributed by atoms with E-state index in [4.69, 9.17) is 11.6 Å². The Bertz CT molecular complexity index is 829. The van der Waals surface area contributed by atoms with Crippen molar-refractivity contribution in [1.29, 1.82) is 0 Å². The number of rotatable bonds is 5. The highest BCUT2D eigenvalue weighted by Gasteiger charge is 2.22. The zero-order chi connectivity index (χ0) is 17.1. The topological polar surface area (TPSA) is 46.1 Å². The summed E-state index contributed by atoms with van der Waals surface area (Å²) in [4.78, 5) is 24.3. The highest BCUT2D eigenvalue weighted by atomic mass is 35.5. The van der Waals surface area contributed by atoms with Gasteiger partial charge in [0.25, 0.3) is 5.91 Å². The van der Waals surface area contributed by atoms with Crippen LogP contribution in [0, 0.1) is 0 Å². The van der Waals surface area contributed by atoms with Gasteiger partial charge in [0, 0.05) is 30.4 Å². The molecule has 0 aliphatic rings. The lowest BCUT2D eigenvalue weighted by Crippen LogP contribution is -2.36. The number of aromatic nitrogens is 2. The summed E-state index contributed by atoms with van der Waals surface area (Å²) in [6.07, 6.45) is 3.51. The van der Waals surface area contributed by atoms with Crippen LogP contribution in [0.5, 0.6) is 0 Å². The van der Waals surface area contributed by atoms with Crippen molar-refractivity contribution in [2.45, 2.75) is 26.4 Å². The minimum Gasteiger partial charge on any atom is -0.330 e. The molecule has 3 rings (SSSR count). The van der Waals surface area contributed by atoms with Crippen molar-refractivity contribution in [3.8, 4) is 9.88 Å². The van der Waals surface area contributed by atoms with Gasteiger partial charge in [0.05, 0.1) is 9.21 Å². The fourth-order valence-electron chi connectivity index (χ4n) is 2.24. The van der Waals surface area contributed by atoms with Gasteiger partial charge >= 0.3 is 0 Å². The monoisotopic (exact) mass is 377 g/mol. The summed E-state index contributed by atoms with van der Waals surface area (Å²) >= 11 is 8.90. The van der Waals surface area contributed by atoms with Gasteiger partial charge in [-0.2, -0.15) is 0 Å². The summed E-state index contributed by atoms with van der Waals surface area (Å²) in [6.45, 7) is 4.52. The standard InChI is InChI=1S/C17H16ClN3OS2/c1-11(2)21(9-12-4-3-7-19-8-12)17(22)13-10-23-16(20-13)14-5-6-15(18)24-14/h3-8,10-11H,9H2,1-2H3. The van der Waals surface area contributed by atoms with Gasteiger partial charge in [-0.25, -0.2) is 4.98 Å². The van der Waals surface area contributed by atoms with Crippen molar-refractivity contribution in [3.63, 3.8) is 0 Å². The Morgan fingerprint density at radius 2 is 2.17 bits per heavy atom. The van der Waals surface area contributed by atoms with Gasteiger partial charge in [-0.15, -0.1) is 22.7 Å². The van der Waals surface area contributed by atoms with Crippen molar-refractivity contribution >= 4 is 40.2 Å². The van der Waals surface area contributed by atoms with E-state index in [1.807, 2.05) is 43.5 Å². The molecule has 124 valence electrons. The number of pyridine rings is 1. The summed E-state index contributed by atoms with van der Waals surface area (Å²) in [5, 5.41) is 2.63. The van der Waals surface area contributed by atoms with Crippen LogP contribution in [-0.2, 0) is 6.54 Å². The minimum atomic E-state index is -0.0704. The number of thiophene rings is 1. The molecule has 0 saturated heterocycles. The fourth-order valence-corrected chi connectivity index (χ4v) is 4.15. The third kappa shape index (κ3) is 3.83. The maximum Gasteiger partial charge on any atom is 0.273 e. The zero-order valence-corrected chi connectivity index (χ0v) is 15.7. The van der Waals surface area contributed by atoms with Crippen LogP contribution in [-0.4, -0.2) is 26.8 Å². The van der Waals surface area contributed by atoms with E-state index in [1.165, 1.54) is 22.7 Å². The summed E-state index contributed by atoms with van der Waals surface area (Å²) < 4.78 is 0.716. The summed E-state index contributed by atoms with van der Waals surface area (Å²) in [6, 6.07) is 7.68. The highest BCUT2D eigenvalue weighted by molar-refractivity contribution is 7.23. The van der Waals surface area contributed by atoms with Gasteiger partial charge in [-0.05, 0) is 37.6 Å². The van der Waals surface area contributed by atoms with E-state index >= 15 is 0 Å². The second-order valence-corrected chi connectivity index (χ2v) is 8.10. The third-order valence-corrected chi connectivity index (χ3v) is 5.71. The van der Waals surface area contributed by atoms with Crippen LogP contribution in [0.15, 0.2) is 42.0 Å². The number of hydrogen-bond donors (Lipinski definition) is 0. The number of nitrogens with zero attached hydrogens (tertiary/aromatic N) is 3. The van der Waals surface area contributed by atoms with Crippen molar-refractivity contribution in [2.75, 3.05) is 0 Å². The molecule has 0 bridgehead atoms. The zero-order valence-electron chi connectivity index (χ0n) is 13.3. The first-order valence-corrected chi connectivity index (χ1v) is 9.53. The lowest BCUT2D eigenvalue weighted by molar-refractivity contribution is 0.0685. The smallest absolute Gasteiger partial charge is 0.273 e. The van der Waals surface area contributed by atoms with E-state index in [1.54, 1.807) is 17.3 Å². The van der Waals surface area contributed by atoms with Gasteiger partial charge in [-0.1, -0.05) is 17.7 Å². The van der Waals surface area contributed by atoms with Crippen LogP contribution >= 0.6 is 34.3 Å². The Morgan fingerprint density at radius 1 is 1.33 bits per heavy atom. The maximum absolute atomic E-state index is 12.9. The molecule has 0 aromatic carbocycles. The first-order chi connectivity index (χ1) is 11.5. The van der Waals surface area contributed by atoms with Crippen LogP contribution in [0.3, 0.4) is 0 Å². The number of carbonyl (C=O) groups excluding carboxylic acids is 1. The second kappa shape index (κ2) is 7.42. The van der Waals surface area contributed by atoms with Crippen molar-refractivity contribution in [1.82, 2.24) is 14.9 Å². The summed E-state index contributed by atoms with van der Waals surface area (Å²) in [7, 11) is 0. The summed E-state index contributed by atoms with van der Waals surface area (Å²) in [5.41, 5.74) is 1.47. The normalized spacial score (nSPS) is 11.0. The van der Waals surface area contributed by atoms with E-state index in [2.05, 4.69) is 9.97 Å². The Labute approximate surface area is 153 Å². The fraction of sp³-hybridized carbons (Fsp3) is 0.235. The molecule has 7 heteroatoms. The third-order valence-electron chi connectivity index (χ3n) is 3.47. The first kappa shape index (κ1) is 17.1. The maximum atomic E-state index is 12.9. The van der Waals surface area contributed by atoms with Crippen molar-refractivity contribution in [2.24, 2.45) is 0 Å². The molecule has 4 nitrogen and oxygen atoms in total. The van der Waals surface area contributed by atoms with Gasteiger partial charge < -0.3 is 4.90 Å². The molecule has 0 unspecified atom stereocenters. The van der Waals surface area contributed by atoms with Gasteiger partial charge in [-0.3, -0.25) is 9.78 Å². The number of hydrogen-bond acceptors (Lipinski definition) is 5. The average molecular weight is 378 g/mol. The number of amides is 1. The first-order valence-electron chi connectivity index (χ1n) is 7.45. The van der Waals surface area contributed by atoms with E-state index in [0.717, 1.165) is 15.4 Å². The quantitative estimate of drug-likeness (QED) is 0.630. The van der Waals surface area contributed by atoms with Crippen molar-refractivity contribution < 1.29 is 4.79 Å². The molecular formula is C17H16ClN3OS2. The highest BCUT2D eigenvalue weighted by Crippen LogP contribution is 2.33. The molecule has 3 aromatic rings. The van der Waals surface area contributed by atoms with E-state index in [9.17, 15) is 4.79 Å². The SMILES string of the molecule is CC(C)N(Cc1cccnc1)C(=O)c1csc(-c2ccc(Cl)s2)n1. The largest absolute Gasteiger partial charge is 0.330 e. The Kier molecular flexibility index (Phi) is 5.28. The van der Waals surface area contributed by atoms with Crippen LogP contribution in [0.1, 0.15) is 29.9 Å². The molecule has 0 atom stereocenters. The lowest BCUT2D eigenvalue weighted by atomic mass is 10.2. The van der Waals surface area contributed by atoms with Crippen LogP contribution in [0.4, 0.5) is 0 Å². The van der Waals surface area contributed by atoms with E-state index in [-0.39, 0.29) is 11.9 Å². The van der Waals surface area contributed by atoms with Crippen LogP contribution in [0.2, 0.25) is 4.34 Å². The molecule has 0 spiro atoms. The van der Waals surface area contributed by atoms with Crippen LogP contribution in [0.25, 0.3) is 9.88 Å². The predicted molar refractivity (Wildman–Crippen MR) is 99.7 cm³/mol. The lowest BCUT2D eigenvalue weighted by Gasteiger charge is -2.26. The molecule has 0 aliphatic heterocycles. The second-order valence-electron chi connectivity index (χ2n) is 5.53. The van der Waals surface area contributed by atoms with Crippen LogP contribution < -0.4 is 0 Å². The molecule has 3 aromatic heterocycles. The number of halogens is 1. The molecule has 3 heterocycles. The number of thiazole rings is 1. The Balaban J connectivity index is 1.82. The Morgan fingerprint density at radius 3 is 2.79 bits per heavy atom. The predicted octanol–water partition coefficient (Wildman–Crippen LogP) is 4.97. The molecular weight excluding hydrogens is 362 g/mol. The Hall–Kier alpha value is -1.76. The van der Waals surface area contributed by atoms with Gasteiger partial charge in [0.15, 0.2) is 0 Å². The molecule has 0 fully saturated rings. The molecule has 0 saturated carbocycles. The molecule has 0 aliphatic carbocycles. The molecule has 24 heavy (non-hydrogen) atoms. The molecule has 0 radical (unpaired) electrons. The average Bonchev–Trinajstić information content (AvgIpc) is 3.21.